The molecule has 39 nitrogen and oxygen atoms in total. The predicted octanol–water partition coefficient (Wildman–Crippen LogP) is -1.49. The van der Waals surface area contributed by atoms with Gasteiger partial charge in [0.15, 0.2) is 22.6 Å². The highest BCUT2D eigenvalue weighted by molar-refractivity contribution is 7.48. The number of H-pyrrole nitrogens is 2. The van der Waals surface area contributed by atoms with Crippen molar-refractivity contribution in [3.8, 4) is 0 Å². The molecule has 10 heterocycles. The maximum absolute atomic E-state index is 14.0. The maximum Gasteiger partial charge on any atom is 0.694 e. The van der Waals surface area contributed by atoms with Gasteiger partial charge in [0.1, 0.15) is 91.9 Å². The lowest BCUT2D eigenvalue weighted by Gasteiger charge is -2.25. The number of imidazole rings is 2. The minimum absolute atomic E-state index is 0.00547. The van der Waals surface area contributed by atoms with Gasteiger partial charge >= 0.3 is 43.1 Å². The summed E-state index contributed by atoms with van der Waals surface area (Å²) in [5.41, 5.74) is 14.2. The van der Waals surface area contributed by atoms with Gasteiger partial charge in [-0.05, 0) is 13.0 Å². The average Bonchev–Trinajstić information content (AvgIpc) is 4.38. The number of rotatable bonds is 22. The molecule has 0 bridgehead atoms. The van der Waals surface area contributed by atoms with Gasteiger partial charge in [0.25, 0.3) is 11.1 Å². The molecule has 444 valence electrons. The summed E-state index contributed by atoms with van der Waals surface area (Å²) in [5, 5.41) is 10.7. The van der Waals surface area contributed by atoms with Crippen LogP contribution in [0.3, 0.4) is 0 Å². The first-order valence-electron chi connectivity index (χ1n) is 24.2. The fourth-order valence-electron chi connectivity index (χ4n) is 9.36. The largest absolute Gasteiger partial charge is 0.694 e. The van der Waals surface area contributed by atoms with Crippen LogP contribution in [0.1, 0.15) is 56.2 Å². The van der Waals surface area contributed by atoms with E-state index in [2.05, 4.69) is 39.9 Å². The lowest BCUT2D eigenvalue weighted by molar-refractivity contribution is -0.0626. The Morgan fingerprint density at radius 2 is 1.17 bits per heavy atom. The number of phosphoric acid groups is 3. The summed E-state index contributed by atoms with van der Waals surface area (Å²) in [4.78, 5) is 121. The molecule has 0 aromatic carbocycles. The van der Waals surface area contributed by atoms with Crippen LogP contribution in [0, 0.1) is 6.92 Å². The fourth-order valence-corrected chi connectivity index (χ4v) is 12.5. The smallest absolute Gasteiger partial charge is 0.390 e. The van der Waals surface area contributed by atoms with Gasteiger partial charge in [-0.2, -0.15) is 9.97 Å². The second kappa shape index (κ2) is 23.6. The summed E-state index contributed by atoms with van der Waals surface area (Å²) in [6.45, 7) is -1.99. The molecule has 10 rings (SSSR count). The first-order chi connectivity index (χ1) is 38.8. The first kappa shape index (κ1) is 59.2. The van der Waals surface area contributed by atoms with E-state index in [1.54, 1.807) is 0 Å². The molecule has 0 amide bonds. The maximum atomic E-state index is 14.0. The molecule has 43 heteroatoms. The standard InChI is InChI=1S/C39H49N15O24P4/c1-16-8-52(39(59)50-35(16)56)27-5-19(23(74-27)11-70-81(64,65)76-18-6-29(73-22(18)9-68-79(60)61)54-15-46-31-34(54)48-37(42)49-36(31)57)77-82(66,67)71-12-24-20(7-28(75-24)53-14-45-30-32(41)43-13-44-33(30)53)78-80(62,63)69-10-21-17(55)4-26(72-21)51-3-2-25(40)47-38(51)58/h2-3,8,13-15,17-24,26-29,55H,4-7,9-12H2,1H3,(H11-,40,41,42,43,44,47,48,49,50,56,57,58,59,60,61,62,63,64,65,66,67)/p+1/t17-,18-,19-,20-,21+,22+,23+,24+,26+,27+,28+,29+/m0/s1. The van der Waals surface area contributed by atoms with E-state index in [1.807, 2.05) is 0 Å². The molecule has 16 atom stereocenters. The van der Waals surface area contributed by atoms with E-state index < -0.39 is 161 Å². The van der Waals surface area contributed by atoms with Crippen LogP contribution in [-0.4, -0.2) is 158 Å². The number of anilines is 3. The number of nitrogens with zero attached hydrogens (tertiary/aromatic N) is 10. The number of phosphoric ester groups is 3. The van der Waals surface area contributed by atoms with Crippen molar-refractivity contribution in [3.63, 3.8) is 0 Å². The Morgan fingerprint density at radius 3 is 1.74 bits per heavy atom. The Bertz CT molecular complexity index is 3790. The lowest BCUT2D eigenvalue weighted by Crippen LogP contribution is -2.33. The van der Waals surface area contributed by atoms with Gasteiger partial charge in [-0.25, -0.2) is 43.2 Å². The minimum Gasteiger partial charge on any atom is -0.390 e. The van der Waals surface area contributed by atoms with E-state index in [1.165, 1.54) is 41.0 Å². The number of fused-ring (bicyclic) bond motifs is 2. The van der Waals surface area contributed by atoms with Crippen molar-refractivity contribution < 1.29 is 93.6 Å². The number of aromatic amines is 2. The molecule has 4 saturated heterocycles. The highest BCUT2D eigenvalue weighted by Gasteiger charge is 2.49. The number of nitrogens with one attached hydrogen (secondary N) is 2. The average molecular weight is 1240 g/mol. The molecule has 4 aliphatic rings. The van der Waals surface area contributed by atoms with Crippen LogP contribution < -0.4 is 39.7 Å². The topological polar surface area (TPSA) is 546 Å². The molecule has 4 unspecified atom stereocenters. The number of hydrogen-bond donors (Lipinski definition) is 10. The van der Waals surface area contributed by atoms with E-state index in [0.29, 0.717) is 0 Å². The summed E-state index contributed by atoms with van der Waals surface area (Å²) in [5.74, 6) is -0.345. The van der Waals surface area contributed by atoms with Crippen molar-refractivity contribution in [1.29, 1.82) is 0 Å². The van der Waals surface area contributed by atoms with E-state index in [-0.39, 0.29) is 64.7 Å². The van der Waals surface area contributed by atoms with Crippen molar-refractivity contribution in [3.05, 3.63) is 84.7 Å². The van der Waals surface area contributed by atoms with Gasteiger partial charge in [0, 0.05) is 48.2 Å². The van der Waals surface area contributed by atoms with E-state index in [9.17, 15) is 62.1 Å². The van der Waals surface area contributed by atoms with Crippen molar-refractivity contribution >= 4 is 71.6 Å². The Kier molecular flexibility index (Phi) is 17.0. The van der Waals surface area contributed by atoms with Crippen molar-refractivity contribution in [2.75, 3.05) is 43.6 Å². The molecule has 4 aliphatic heterocycles. The Morgan fingerprint density at radius 1 is 0.659 bits per heavy atom. The molecule has 13 N–H and O–H groups in total. The second-order valence-electron chi connectivity index (χ2n) is 18.7. The van der Waals surface area contributed by atoms with E-state index in [4.69, 9.17) is 67.8 Å². The molecule has 6 aromatic heterocycles. The van der Waals surface area contributed by atoms with Gasteiger partial charge in [-0.3, -0.25) is 65.0 Å². The van der Waals surface area contributed by atoms with Gasteiger partial charge < -0.3 is 55.9 Å². The molecule has 0 aliphatic carbocycles. The fraction of sp³-hybridized carbons (Fsp3) is 0.538. The zero-order valence-electron chi connectivity index (χ0n) is 42.0. The predicted molar refractivity (Wildman–Crippen MR) is 269 cm³/mol. The highest BCUT2D eigenvalue weighted by Crippen LogP contribution is 2.54. The Balaban J connectivity index is 0.839. The summed E-state index contributed by atoms with van der Waals surface area (Å²) in [7, 11) is -19.1. The summed E-state index contributed by atoms with van der Waals surface area (Å²) < 4.78 is 119. The quantitative estimate of drug-likeness (QED) is 0.0346. The van der Waals surface area contributed by atoms with Crippen LogP contribution in [0.25, 0.3) is 22.3 Å². The van der Waals surface area contributed by atoms with Gasteiger partial charge in [0.05, 0.1) is 38.6 Å². The molecule has 0 saturated carbocycles. The number of ether oxygens (including phenoxy) is 4. The monoisotopic (exact) mass is 1240 g/mol. The molecular weight excluding hydrogens is 1190 g/mol. The van der Waals surface area contributed by atoms with Crippen LogP contribution >= 0.6 is 31.7 Å². The Hall–Kier alpha value is -5.99. The van der Waals surface area contributed by atoms with Crippen LogP contribution in [0.5, 0.6) is 0 Å². The van der Waals surface area contributed by atoms with Crippen LogP contribution in [0.4, 0.5) is 17.6 Å². The molecule has 4 fully saturated rings. The van der Waals surface area contributed by atoms with Crippen molar-refractivity contribution in [2.24, 2.45) is 0 Å². The van der Waals surface area contributed by atoms with E-state index >= 15 is 0 Å². The SMILES string of the molecule is Cc1cn([C@H]2C[C@H](OP(=O)(O)OC[C@H]3O[C@@H](n4cnc5c(N)ncnc54)C[C@@H]3OP(=O)(O)OC[C@H]3O[C@@H](n4ccc(N)nc4=O)C[C@@H]3O)[C@@H](COP(=O)(O)O[C@H]3C[C@H](n4cnc5c(=O)[nH]c(N)nc54)O[C@@H]3CO[P+](=O)O)O2)c(=O)[nH]c1=O. The zero-order chi connectivity index (χ0) is 58.6. The normalized spacial score (nSPS) is 29.1. The number of aryl methyl sites for hydroxylation is 1. The molecule has 6 aromatic rings. The summed E-state index contributed by atoms with van der Waals surface area (Å²) in [6.07, 6.45) is -11.8. The number of aliphatic hydroxyl groups excluding tert-OH is 1. The Labute approximate surface area is 456 Å². The third-order valence-corrected chi connectivity index (χ3v) is 16.6. The molecule has 0 spiro atoms. The number of hydrogen-bond acceptors (Lipinski definition) is 29. The molecule has 82 heavy (non-hydrogen) atoms. The third-order valence-electron chi connectivity index (χ3n) is 13.2. The number of nitrogen functional groups attached to an aromatic ring is 3. The van der Waals surface area contributed by atoms with Gasteiger partial charge in [-0.1, -0.05) is 0 Å². The first-order valence-corrected chi connectivity index (χ1v) is 29.8. The lowest BCUT2D eigenvalue weighted by atomic mass is 10.2. The second-order valence-corrected chi connectivity index (χ2v) is 23.6. The van der Waals surface area contributed by atoms with Gasteiger partial charge in [0.2, 0.25) is 5.95 Å². The summed E-state index contributed by atoms with van der Waals surface area (Å²) in [6, 6.07) is 1.32. The number of aromatic nitrogens is 12. The molecule has 0 radical (unpaired) electrons. The van der Waals surface area contributed by atoms with Crippen molar-refractivity contribution in [1.82, 2.24) is 58.1 Å². The third kappa shape index (κ3) is 13.2. The number of nitrogens with two attached hydrogens (primary N) is 3. The van der Waals surface area contributed by atoms with Crippen LogP contribution in [0.15, 0.2) is 56.6 Å². The van der Waals surface area contributed by atoms with Crippen molar-refractivity contribution in [2.45, 2.75) is 106 Å². The zero-order valence-corrected chi connectivity index (χ0v) is 45.6. The molecular formula is C39H50N15O24P4+. The van der Waals surface area contributed by atoms with Crippen LogP contribution in [0.2, 0.25) is 0 Å². The van der Waals surface area contributed by atoms with E-state index in [0.717, 1.165) is 21.7 Å². The number of aliphatic hydroxyl groups is 1. The highest BCUT2D eigenvalue weighted by atomic mass is 31.2. The summed E-state index contributed by atoms with van der Waals surface area (Å²) >= 11 is 0. The minimum atomic E-state index is -5.42. The van der Waals surface area contributed by atoms with Crippen LogP contribution in [-0.2, 0) is 68.9 Å². The van der Waals surface area contributed by atoms with Gasteiger partial charge in [-0.15, -0.1) is 9.42 Å².